The molecule has 5 nitrogen and oxygen atoms in total. The van der Waals surface area contributed by atoms with Crippen molar-refractivity contribution >= 4 is 28.6 Å². The zero-order valence-electron chi connectivity index (χ0n) is 14.1. The number of aliphatic hydroxyl groups excluding tert-OH is 1. The predicted molar refractivity (Wildman–Crippen MR) is 103 cm³/mol. The van der Waals surface area contributed by atoms with Crippen LogP contribution in [0.25, 0.3) is 0 Å². The Morgan fingerprint density at radius 1 is 1.35 bits per heavy atom. The van der Waals surface area contributed by atoms with E-state index in [1.54, 1.807) is 12.1 Å². The number of benzene rings is 1. The Kier molecular flexibility index (Phi) is 6.20. The summed E-state index contributed by atoms with van der Waals surface area (Å²) in [6, 6.07) is 6.12. The summed E-state index contributed by atoms with van der Waals surface area (Å²) < 4.78 is 20.4. The Morgan fingerprint density at radius 2 is 2.15 bits per heavy atom. The van der Waals surface area contributed by atoms with E-state index in [4.69, 9.17) is 10.5 Å². The minimum Gasteiger partial charge on any atom is -0.456 e. The Bertz CT molecular complexity index is 802. The van der Waals surface area contributed by atoms with Crippen LogP contribution in [0.1, 0.15) is 40.7 Å². The number of carbonyl (C=O) groups excluding carboxylic acids is 1. The summed E-state index contributed by atoms with van der Waals surface area (Å²) in [4.78, 5) is 16.7. The molecule has 1 aliphatic carbocycles. The van der Waals surface area contributed by atoms with E-state index in [0.717, 1.165) is 9.99 Å². The lowest BCUT2D eigenvalue weighted by Gasteiger charge is -2.32. The van der Waals surface area contributed by atoms with Gasteiger partial charge in [-0.15, -0.1) is 0 Å². The van der Waals surface area contributed by atoms with Crippen LogP contribution in [0.15, 0.2) is 36.7 Å². The van der Waals surface area contributed by atoms with E-state index in [1.165, 1.54) is 18.5 Å². The molecule has 1 fully saturated rings. The molecule has 0 bridgehead atoms. The maximum atomic E-state index is 14.1. The number of halogens is 2. The van der Waals surface area contributed by atoms with Gasteiger partial charge in [-0.1, -0.05) is 6.07 Å². The molecule has 1 saturated carbocycles. The Morgan fingerprint density at radius 3 is 2.92 bits per heavy atom. The van der Waals surface area contributed by atoms with Gasteiger partial charge in [-0.25, -0.2) is 9.18 Å². The maximum absolute atomic E-state index is 14.1. The number of rotatable bonds is 4. The number of nitrogens with zero attached hydrogens (tertiary/aromatic N) is 1. The summed E-state index contributed by atoms with van der Waals surface area (Å²) >= 11 is 2.04. The number of nitrogens with two attached hydrogens (primary N) is 1. The molecule has 3 N–H and O–H groups in total. The van der Waals surface area contributed by atoms with Crippen molar-refractivity contribution in [2.24, 2.45) is 5.73 Å². The average Bonchev–Trinajstić information content (AvgIpc) is 2.62. The van der Waals surface area contributed by atoms with Crippen LogP contribution < -0.4 is 5.73 Å². The molecule has 1 aliphatic rings. The molecular weight excluding hydrogens is 450 g/mol. The van der Waals surface area contributed by atoms with Crippen LogP contribution in [0.5, 0.6) is 0 Å². The third-order valence-electron chi connectivity index (χ3n) is 4.62. The first kappa shape index (κ1) is 19.2. The lowest BCUT2D eigenvalue weighted by molar-refractivity contribution is -0.0438. The number of hydrogen-bond donors (Lipinski definition) is 2. The lowest BCUT2D eigenvalue weighted by atomic mass is 9.90. The van der Waals surface area contributed by atoms with Gasteiger partial charge in [0.05, 0.1) is 5.56 Å². The van der Waals surface area contributed by atoms with Crippen LogP contribution in [0.4, 0.5) is 4.39 Å². The molecule has 0 radical (unpaired) electrons. The first-order chi connectivity index (χ1) is 12.5. The largest absolute Gasteiger partial charge is 0.456 e. The molecule has 3 rings (SSSR count). The van der Waals surface area contributed by atoms with E-state index < -0.39 is 18.2 Å². The fourth-order valence-electron chi connectivity index (χ4n) is 3.14. The van der Waals surface area contributed by atoms with Gasteiger partial charge >= 0.3 is 5.97 Å². The summed E-state index contributed by atoms with van der Waals surface area (Å²) in [6.07, 6.45) is 3.86. The standard InChI is InChI=1S/C19H20FIN2O3/c20-15-9-13(21)5-4-11(15)8-12-10-23-7-6-14(12)19(25)26-17-3-1-2-16(22)18(17)24/h4-7,9-10,16-18,24H,1-3,8,22H2/t16-,17-,18+/m1/s1. The summed E-state index contributed by atoms with van der Waals surface area (Å²) in [5, 5.41) is 10.1. The molecule has 26 heavy (non-hydrogen) atoms. The fourth-order valence-corrected chi connectivity index (χ4v) is 3.59. The van der Waals surface area contributed by atoms with Gasteiger partial charge in [-0.3, -0.25) is 4.98 Å². The second-order valence-electron chi connectivity index (χ2n) is 6.47. The topological polar surface area (TPSA) is 85.4 Å². The summed E-state index contributed by atoms with van der Waals surface area (Å²) in [6.45, 7) is 0. The van der Waals surface area contributed by atoms with Crippen molar-refractivity contribution in [3.8, 4) is 0 Å². The van der Waals surface area contributed by atoms with Crippen molar-refractivity contribution in [1.29, 1.82) is 0 Å². The van der Waals surface area contributed by atoms with Gasteiger partial charge in [-0.2, -0.15) is 0 Å². The normalized spacial score (nSPS) is 22.8. The van der Waals surface area contributed by atoms with Crippen LogP contribution in [-0.2, 0) is 11.2 Å². The molecule has 0 aliphatic heterocycles. The van der Waals surface area contributed by atoms with Crippen molar-refractivity contribution in [2.75, 3.05) is 0 Å². The molecule has 1 aromatic heterocycles. The molecule has 1 aromatic carbocycles. The maximum Gasteiger partial charge on any atom is 0.338 e. The summed E-state index contributed by atoms with van der Waals surface area (Å²) in [5.41, 5.74) is 7.23. The molecule has 3 atom stereocenters. The zero-order chi connectivity index (χ0) is 18.7. The average molecular weight is 470 g/mol. The van der Waals surface area contributed by atoms with Crippen molar-refractivity contribution in [3.63, 3.8) is 0 Å². The first-order valence-electron chi connectivity index (χ1n) is 8.47. The highest BCUT2D eigenvalue weighted by Crippen LogP contribution is 2.23. The second-order valence-corrected chi connectivity index (χ2v) is 7.72. The highest BCUT2D eigenvalue weighted by molar-refractivity contribution is 14.1. The number of aliphatic hydroxyl groups is 1. The molecule has 0 spiro atoms. The summed E-state index contributed by atoms with van der Waals surface area (Å²) in [5.74, 6) is -0.875. The van der Waals surface area contributed by atoms with E-state index in [1.807, 2.05) is 28.7 Å². The van der Waals surface area contributed by atoms with E-state index in [-0.39, 0.29) is 18.3 Å². The number of esters is 1. The monoisotopic (exact) mass is 470 g/mol. The van der Waals surface area contributed by atoms with Gasteiger partial charge in [0.2, 0.25) is 0 Å². The highest BCUT2D eigenvalue weighted by atomic mass is 127. The molecule has 1 heterocycles. The number of hydrogen-bond acceptors (Lipinski definition) is 5. The number of pyridine rings is 1. The molecular formula is C19H20FIN2O3. The van der Waals surface area contributed by atoms with Crippen LogP contribution in [0.2, 0.25) is 0 Å². The van der Waals surface area contributed by atoms with Gasteiger partial charge in [0.25, 0.3) is 0 Å². The van der Waals surface area contributed by atoms with Gasteiger partial charge in [0, 0.05) is 28.4 Å². The Hall–Kier alpha value is -1.58. The second kappa shape index (κ2) is 8.41. The van der Waals surface area contributed by atoms with Gasteiger partial charge < -0.3 is 15.6 Å². The minimum atomic E-state index is -0.869. The van der Waals surface area contributed by atoms with Crippen LogP contribution in [0.3, 0.4) is 0 Å². The number of aromatic nitrogens is 1. The zero-order valence-corrected chi connectivity index (χ0v) is 16.2. The van der Waals surface area contributed by atoms with Crippen molar-refractivity contribution in [2.45, 2.75) is 43.9 Å². The molecule has 0 unspecified atom stereocenters. The van der Waals surface area contributed by atoms with E-state index in [0.29, 0.717) is 29.5 Å². The third kappa shape index (κ3) is 4.39. The predicted octanol–water partition coefficient (Wildman–Crippen LogP) is 2.81. The van der Waals surface area contributed by atoms with Crippen molar-refractivity contribution in [3.05, 3.63) is 62.7 Å². The van der Waals surface area contributed by atoms with Crippen molar-refractivity contribution in [1.82, 2.24) is 4.98 Å². The van der Waals surface area contributed by atoms with Crippen LogP contribution in [-0.4, -0.2) is 34.3 Å². The quantitative estimate of drug-likeness (QED) is 0.531. The molecule has 2 aromatic rings. The van der Waals surface area contributed by atoms with E-state index >= 15 is 0 Å². The van der Waals surface area contributed by atoms with Gasteiger partial charge in [0.1, 0.15) is 18.0 Å². The SMILES string of the molecule is N[C@@H]1CCC[C@@H](OC(=O)c2ccncc2Cc2ccc(I)cc2F)[C@H]1O. The number of ether oxygens (including phenoxy) is 1. The van der Waals surface area contributed by atoms with Crippen LogP contribution >= 0.6 is 22.6 Å². The molecule has 0 amide bonds. The van der Waals surface area contributed by atoms with Gasteiger partial charge in [-0.05, 0) is 71.2 Å². The highest BCUT2D eigenvalue weighted by Gasteiger charge is 2.32. The Labute approximate surface area is 164 Å². The van der Waals surface area contributed by atoms with E-state index in [2.05, 4.69) is 4.98 Å². The first-order valence-corrected chi connectivity index (χ1v) is 9.55. The van der Waals surface area contributed by atoms with Crippen LogP contribution in [0, 0.1) is 9.39 Å². The number of carbonyl (C=O) groups is 1. The van der Waals surface area contributed by atoms with Crippen molar-refractivity contribution < 1.29 is 19.0 Å². The molecule has 138 valence electrons. The fraction of sp³-hybridized carbons (Fsp3) is 0.368. The molecule has 7 heteroatoms. The van der Waals surface area contributed by atoms with E-state index in [9.17, 15) is 14.3 Å². The molecule has 0 saturated heterocycles. The minimum absolute atomic E-state index is 0.230. The summed E-state index contributed by atoms with van der Waals surface area (Å²) in [7, 11) is 0. The lowest BCUT2D eigenvalue weighted by Crippen LogP contribution is -2.48. The van der Waals surface area contributed by atoms with Gasteiger partial charge in [0.15, 0.2) is 0 Å². The third-order valence-corrected chi connectivity index (χ3v) is 5.29. The Balaban J connectivity index is 1.79. The smallest absolute Gasteiger partial charge is 0.338 e.